The van der Waals surface area contributed by atoms with Gasteiger partial charge in [-0.05, 0) is 68.8 Å². The molecule has 3 aromatic carbocycles. The van der Waals surface area contributed by atoms with Crippen LogP contribution in [0.25, 0.3) is 0 Å². The number of hydrogen-bond donors (Lipinski definition) is 3. The second kappa shape index (κ2) is 17.8. The fourth-order valence-corrected chi connectivity index (χ4v) is 2.98. The number of nitro benzene ring substituents is 2. The Morgan fingerprint density at radius 1 is 0.674 bits per heavy atom. The minimum atomic E-state index is -4.31. The van der Waals surface area contributed by atoms with Crippen molar-refractivity contribution in [2.24, 2.45) is 0 Å². The number of nitrogens with one attached hydrogen (secondary N) is 2. The van der Waals surface area contributed by atoms with Crippen LogP contribution >= 0.6 is 24.8 Å². The largest absolute Gasteiger partial charge is 0.405 e. The molecule has 0 saturated heterocycles. The molecule has 0 aliphatic carbocycles. The van der Waals surface area contributed by atoms with Crippen molar-refractivity contribution in [3.63, 3.8) is 0 Å². The second-order valence-corrected chi connectivity index (χ2v) is 8.46. The van der Waals surface area contributed by atoms with E-state index < -0.39 is 41.1 Å². The lowest BCUT2D eigenvalue weighted by atomic mass is 10.2. The maximum atomic E-state index is 12.4. The number of anilines is 3. The topological polar surface area (TPSA) is 136 Å². The van der Waals surface area contributed by atoms with Crippen LogP contribution in [0.15, 0.2) is 54.6 Å². The SMILES string of the molecule is Cc1cc(F)ccc1[N+](=O)[O-].Cc1cc(NCC(F)(F)F)ccc1N.Cc1cc(NCC(F)(F)F)ccc1[N+](=O)[O-].Cl.Cl. The molecular weight excluding hydrogens is 638 g/mol. The van der Waals surface area contributed by atoms with Crippen molar-refractivity contribution < 1.29 is 40.6 Å². The van der Waals surface area contributed by atoms with Crippen LogP contribution < -0.4 is 16.4 Å². The normalized spacial score (nSPS) is 10.4. The number of nitrogen functional groups attached to an aromatic ring is 1. The predicted molar refractivity (Wildman–Crippen MR) is 155 cm³/mol. The molecule has 0 aromatic heterocycles. The van der Waals surface area contributed by atoms with E-state index in [-0.39, 0.29) is 41.9 Å². The Kier molecular flexibility index (Phi) is 17.0. The van der Waals surface area contributed by atoms with Crippen molar-refractivity contribution in [3.8, 4) is 0 Å². The van der Waals surface area contributed by atoms with Crippen LogP contribution in [-0.4, -0.2) is 35.3 Å². The second-order valence-electron chi connectivity index (χ2n) is 8.46. The summed E-state index contributed by atoms with van der Waals surface area (Å²) in [5.41, 5.74) is 7.98. The van der Waals surface area contributed by atoms with Gasteiger partial charge in [-0.2, -0.15) is 26.3 Å². The van der Waals surface area contributed by atoms with Crippen LogP contribution in [0, 0.1) is 46.8 Å². The molecule has 0 atom stereocenters. The number of rotatable bonds is 6. The summed E-state index contributed by atoms with van der Waals surface area (Å²) in [6, 6.07) is 11.8. The van der Waals surface area contributed by atoms with Gasteiger partial charge in [-0.25, -0.2) is 4.39 Å². The van der Waals surface area contributed by atoms with Gasteiger partial charge < -0.3 is 16.4 Å². The Labute approximate surface area is 253 Å². The lowest BCUT2D eigenvalue weighted by molar-refractivity contribution is -0.385. The fourth-order valence-electron chi connectivity index (χ4n) is 2.98. The Morgan fingerprint density at radius 2 is 1.05 bits per heavy atom. The molecule has 0 spiro atoms. The molecule has 3 aromatic rings. The number of alkyl halides is 6. The summed E-state index contributed by atoms with van der Waals surface area (Å²) in [5.74, 6) is -0.451. The van der Waals surface area contributed by atoms with Gasteiger partial charge in [0.25, 0.3) is 11.4 Å². The fraction of sp³-hybridized carbons (Fsp3) is 0.280. The lowest BCUT2D eigenvalue weighted by Gasteiger charge is -2.10. The number of nitrogens with zero attached hydrogens (tertiary/aromatic N) is 2. The quantitative estimate of drug-likeness (QED) is 0.104. The van der Waals surface area contributed by atoms with Crippen molar-refractivity contribution in [2.75, 3.05) is 29.5 Å². The molecule has 9 nitrogen and oxygen atoms in total. The number of nitrogens with two attached hydrogens (primary N) is 1. The molecule has 0 heterocycles. The number of hydrogen-bond acceptors (Lipinski definition) is 7. The Morgan fingerprint density at radius 3 is 1.40 bits per heavy atom. The molecule has 0 radical (unpaired) electrons. The molecule has 4 N–H and O–H groups in total. The number of aryl methyl sites for hydroxylation is 3. The van der Waals surface area contributed by atoms with Gasteiger partial charge in [0.1, 0.15) is 18.9 Å². The third kappa shape index (κ3) is 16.2. The zero-order valence-electron chi connectivity index (χ0n) is 22.7. The van der Waals surface area contributed by atoms with Crippen molar-refractivity contribution in [1.82, 2.24) is 0 Å². The highest BCUT2D eigenvalue weighted by Crippen LogP contribution is 2.23. The van der Waals surface area contributed by atoms with Crippen molar-refractivity contribution in [3.05, 3.63) is 97.3 Å². The van der Waals surface area contributed by atoms with E-state index in [1.165, 1.54) is 38.1 Å². The Hall–Kier alpha value is -4.05. The van der Waals surface area contributed by atoms with E-state index >= 15 is 0 Å². The van der Waals surface area contributed by atoms with E-state index in [0.717, 1.165) is 23.8 Å². The molecule has 0 amide bonds. The number of benzene rings is 3. The minimum Gasteiger partial charge on any atom is -0.399 e. The molecule has 0 fully saturated rings. The van der Waals surface area contributed by atoms with Crippen LogP contribution in [-0.2, 0) is 0 Å². The molecule has 3 rings (SSSR count). The maximum Gasteiger partial charge on any atom is 0.405 e. The molecule has 0 aliphatic heterocycles. The van der Waals surface area contributed by atoms with Gasteiger partial charge in [-0.3, -0.25) is 20.2 Å². The number of halogens is 9. The first-order chi connectivity index (χ1) is 18.8. The molecule has 0 bridgehead atoms. The molecular formula is C25H28Cl2F7N5O4. The zero-order chi connectivity index (χ0) is 31.5. The smallest absolute Gasteiger partial charge is 0.399 e. The first-order valence-electron chi connectivity index (χ1n) is 11.4. The first-order valence-corrected chi connectivity index (χ1v) is 11.4. The van der Waals surface area contributed by atoms with E-state index in [1.54, 1.807) is 19.1 Å². The van der Waals surface area contributed by atoms with E-state index in [2.05, 4.69) is 10.6 Å². The van der Waals surface area contributed by atoms with E-state index in [4.69, 9.17) is 5.73 Å². The molecule has 0 unspecified atom stereocenters. The third-order valence-corrected chi connectivity index (χ3v) is 5.00. The highest BCUT2D eigenvalue weighted by atomic mass is 35.5. The summed E-state index contributed by atoms with van der Waals surface area (Å²) in [6.07, 6.45) is -8.51. The van der Waals surface area contributed by atoms with Crippen LogP contribution in [0.5, 0.6) is 0 Å². The monoisotopic (exact) mass is 665 g/mol. The Bertz CT molecular complexity index is 1360. The highest BCUT2D eigenvalue weighted by Gasteiger charge is 2.27. The van der Waals surface area contributed by atoms with Crippen LogP contribution in [0.3, 0.4) is 0 Å². The third-order valence-electron chi connectivity index (χ3n) is 5.00. The van der Waals surface area contributed by atoms with Gasteiger partial charge in [-0.1, -0.05) is 0 Å². The molecule has 18 heteroatoms. The summed E-state index contributed by atoms with van der Waals surface area (Å²) in [6.45, 7) is 2.52. The summed E-state index contributed by atoms with van der Waals surface area (Å²) in [7, 11) is 0. The van der Waals surface area contributed by atoms with Crippen molar-refractivity contribution >= 4 is 53.3 Å². The van der Waals surface area contributed by atoms with E-state index in [9.17, 15) is 51.0 Å². The van der Waals surface area contributed by atoms with Crippen LogP contribution in [0.4, 0.5) is 59.2 Å². The maximum absolute atomic E-state index is 12.4. The summed E-state index contributed by atoms with van der Waals surface area (Å²) >= 11 is 0. The van der Waals surface area contributed by atoms with Gasteiger partial charge in [-0.15, -0.1) is 24.8 Å². The molecule has 0 saturated carbocycles. The average Bonchev–Trinajstić information content (AvgIpc) is 2.83. The van der Waals surface area contributed by atoms with E-state index in [0.29, 0.717) is 22.5 Å². The molecule has 240 valence electrons. The van der Waals surface area contributed by atoms with Crippen LogP contribution in [0.2, 0.25) is 0 Å². The average molecular weight is 666 g/mol. The van der Waals surface area contributed by atoms with Gasteiger partial charge in [0.2, 0.25) is 0 Å². The molecule has 43 heavy (non-hydrogen) atoms. The summed E-state index contributed by atoms with van der Waals surface area (Å²) < 4.78 is 83.5. The standard InChI is InChI=1S/C9H9F3N2O2.C9H11F3N2.C7H6FNO2.2ClH/c1-6-4-7(13-5-9(10,11)12)2-3-8(6)14(15)16;1-6-4-7(2-3-8(6)13)14-5-9(10,11)12;1-5-4-6(8)2-3-7(5)9(10)11;;/h2-4,13H,5H2,1H3;2-4,14H,5,13H2,1H3;2-4H,1H3;2*1H. The molecule has 0 aliphatic rings. The summed E-state index contributed by atoms with van der Waals surface area (Å²) in [4.78, 5) is 19.6. The van der Waals surface area contributed by atoms with Gasteiger partial charge >= 0.3 is 12.4 Å². The summed E-state index contributed by atoms with van der Waals surface area (Å²) in [5, 5.41) is 25.1. The van der Waals surface area contributed by atoms with Crippen LogP contribution in [0.1, 0.15) is 16.7 Å². The zero-order valence-corrected chi connectivity index (χ0v) is 24.3. The van der Waals surface area contributed by atoms with E-state index in [1.807, 2.05) is 0 Å². The highest BCUT2D eigenvalue weighted by molar-refractivity contribution is 5.85. The Balaban J connectivity index is 0. The lowest BCUT2D eigenvalue weighted by Crippen LogP contribution is -2.21. The van der Waals surface area contributed by atoms with Gasteiger partial charge in [0, 0.05) is 40.3 Å². The first kappa shape index (κ1) is 41.1. The number of nitro groups is 2. The van der Waals surface area contributed by atoms with Crippen molar-refractivity contribution in [1.29, 1.82) is 0 Å². The van der Waals surface area contributed by atoms with Crippen molar-refractivity contribution in [2.45, 2.75) is 33.1 Å². The minimum absolute atomic E-state index is 0. The van der Waals surface area contributed by atoms with Gasteiger partial charge in [0.15, 0.2) is 0 Å². The van der Waals surface area contributed by atoms with Gasteiger partial charge in [0.05, 0.1) is 9.85 Å². The predicted octanol–water partition coefficient (Wildman–Crippen LogP) is 8.31.